The number of nitrogens with one attached hydrogen (secondary N) is 2. The molecule has 4 rings (SSSR count). The fourth-order valence-electron chi connectivity index (χ4n) is 3.67. The molecule has 1 aliphatic heterocycles. The fraction of sp³-hybridized carbons (Fsp3) is 0.154. The molecule has 1 fully saturated rings. The first kappa shape index (κ1) is 28.0. The Morgan fingerprint density at radius 3 is 2.58 bits per heavy atom. The van der Waals surface area contributed by atoms with Crippen molar-refractivity contribution in [3.05, 3.63) is 91.5 Å². The van der Waals surface area contributed by atoms with Crippen molar-refractivity contribution < 1.29 is 38.0 Å². The molecule has 0 saturated carbocycles. The van der Waals surface area contributed by atoms with E-state index in [0.29, 0.717) is 10.2 Å². The molecule has 0 aliphatic carbocycles. The molecular weight excluding hydrogens is 592 g/mol. The smallest absolute Gasteiger partial charge is 0.373 e. The second kappa shape index (κ2) is 11.8. The van der Waals surface area contributed by atoms with Crippen LogP contribution < -0.4 is 15.4 Å². The summed E-state index contributed by atoms with van der Waals surface area (Å²) in [5.74, 6) is -2.29. The van der Waals surface area contributed by atoms with E-state index < -0.39 is 41.0 Å². The van der Waals surface area contributed by atoms with Gasteiger partial charge in [-0.2, -0.15) is 0 Å². The number of aryl methyl sites for hydroxylation is 1. The van der Waals surface area contributed by atoms with Crippen molar-refractivity contribution in [2.24, 2.45) is 0 Å². The number of amides is 4. The fourth-order valence-corrected chi connectivity index (χ4v) is 4.13. The topological polar surface area (TPSA) is 170 Å². The molecule has 3 aromatic rings. The van der Waals surface area contributed by atoms with Gasteiger partial charge in [0.1, 0.15) is 11.5 Å². The third-order valence-corrected chi connectivity index (χ3v) is 6.02. The number of benzene rings is 2. The van der Waals surface area contributed by atoms with Crippen molar-refractivity contribution in [3.8, 4) is 5.75 Å². The minimum atomic E-state index is -0.781. The predicted molar refractivity (Wildman–Crippen MR) is 143 cm³/mol. The Kier molecular flexibility index (Phi) is 8.29. The van der Waals surface area contributed by atoms with Gasteiger partial charge in [-0.3, -0.25) is 24.6 Å². The van der Waals surface area contributed by atoms with Gasteiger partial charge >= 0.3 is 17.7 Å². The van der Waals surface area contributed by atoms with Crippen LogP contribution in [0.25, 0.3) is 6.08 Å². The standard InChI is InChI=1S/C26H21BrN4O9/c1-14-3-5-17(6-4-14)28-22(32)13-39-23-15(9-16(27)11-20(23)31(36)37)10-19-24(33)30(26(35)29-19)12-18-7-8-21(40-18)25(34)38-2/h3-11H,12-13H2,1-2H3,(H,28,32)(H,29,35)/b19-10-. The van der Waals surface area contributed by atoms with Gasteiger partial charge in [0, 0.05) is 21.8 Å². The Hall–Kier alpha value is -4.98. The molecule has 4 amide bonds. The van der Waals surface area contributed by atoms with E-state index in [1.807, 2.05) is 6.92 Å². The maximum absolute atomic E-state index is 13.0. The van der Waals surface area contributed by atoms with Gasteiger partial charge in [-0.05, 0) is 43.3 Å². The van der Waals surface area contributed by atoms with Crippen LogP contribution in [0.1, 0.15) is 27.4 Å². The van der Waals surface area contributed by atoms with Crippen LogP contribution in [-0.2, 0) is 20.9 Å². The number of ether oxygens (including phenoxy) is 2. The highest BCUT2D eigenvalue weighted by molar-refractivity contribution is 9.10. The van der Waals surface area contributed by atoms with E-state index in [-0.39, 0.29) is 35.1 Å². The van der Waals surface area contributed by atoms with E-state index in [4.69, 9.17) is 9.15 Å². The first-order valence-corrected chi connectivity index (χ1v) is 12.3. The molecule has 14 heteroatoms. The van der Waals surface area contributed by atoms with Crippen LogP contribution in [0.5, 0.6) is 5.75 Å². The summed E-state index contributed by atoms with van der Waals surface area (Å²) in [5.41, 5.74) is 0.900. The Morgan fingerprint density at radius 2 is 1.90 bits per heavy atom. The van der Waals surface area contributed by atoms with Gasteiger partial charge < -0.3 is 24.5 Å². The molecule has 206 valence electrons. The second-order valence-corrected chi connectivity index (χ2v) is 9.36. The molecule has 13 nitrogen and oxygen atoms in total. The number of hydrogen-bond acceptors (Lipinski definition) is 9. The molecule has 0 spiro atoms. The molecule has 0 atom stereocenters. The largest absolute Gasteiger partial charge is 0.476 e. The van der Waals surface area contributed by atoms with Crippen LogP contribution >= 0.6 is 15.9 Å². The number of anilines is 1. The van der Waals surface area contributed by atoms with Gasteiger partial charge in [-0.15, -0.1) is 0 Å². The van der Waals surface area contributed by atoms with Gasteiger partial charge in [0.05, 0.1) is 18.6 Å². The van der Waals surface area contributed by atoms with Crippen molar-refractivity contribution in [1.29, 1.82) is 0 Å². The van der Waals surface area contributed by atoms with Crippen molar-refractivity contribution in [2.45, 2.75) is 13.5 Å². The van der Waals surface area contributed by atoms with Crippen LogP contribution in [0.4, 0.5) is 16.2 Å². The van der Waals surface area contributed by atoms with Gasteiger partial charge in [-0.1, -0.05) is 33.6 Å². The Labute approximate surface area is 235 Å². The van der Waals surface area contributed by atoms with E-state index >= 15 is 0 Å². The lowest BCUT2D eigenvalue weighted by Gasteiger charge is -2.12. The number of furan rings is 1. The zero-order valence-electron chi connectivity index (χ0n) is 21.1. The molecule has 2 N–H and O–H groups in total. The molecule has 1 saturated heterocycles. The van der Waals surface area contributed by atoms with Gasteiger partial charge in [-0.25, -0.2) is 9.59 Å². The second-order valence-electron chi connectivity index (χ2n) is 8.44. The lowest BCUT2D eigenvalue weighted by molar-refractivity contribution is -0.385. The van der Waals surface area contributed by atoms with Crippen LogP contribution in [0.2, 0.25) is 0 Å². The van der Waals surface area contributed by atoms with Gasteiger partial charge in [0.15, 0.2) is 6.61 Å². The molecule has 1 aromatic heterocycles. The van der Waals surface area contributed by atoms with Crippen molar-refractivity contribution in [2.75, 3.05) is 19.0 Å². The summed E-state index contributed by atoms with van der Waals surface area (Å²) in [6.07, 6.45) is 1.20. The zero-order chi connectivity index (χ0) is 29.0. The Bertz CT molecular complexity index is 1550. The number of methoxy groups -OCH3 is 1. The lowest BCUT2D eigenvalue weighted by atomic mass is 10.1. The summed E-state index contributed by atoms with van der Waals surface area (Å²) in [6, 6.07) is 11.6. The highest BCUT2D eigenvalue weighted by Gasteiger charge is 2.35. The highest BCUT2D eigenvalue weighted by Crippen LogP contribution is 2.36. The first-order chi connectivity index (χ1) is 19.0. The summed E-state index contributed by atoms with van der Waals surface area (Å²) in [6.45, 7) is 1.03. The van der Waals surface area contributed by atoms with Crippen molar-refractivity contribution in [1.82, 2.24) is 10.2 Å². The number of imide groups is 1. The van der Waals surface area contributed by atoms with Crippen molar-refractivity contribution in [3.63, 3.8) is 0 Å². The van der Waals surface area contributed by atoms with Gasteiger partial charge in [0.25, 0.3) is 11.8 Å². The zero-order valence-corrected chi connectivity index (χ0v) is 22.6. The molecule has 0 radical (unpaired) electrons. The first-order valence-electron chi connectivity index (χ1n) is 11.5. The molecule has 0 bridgehead atoms. The summed E-state index contributed by atoms with van der Waals surface area (Å²) in [7, 11) is 1.18. The summed E-state index contributed by atoms with van der Waals surface area (Å²) < 4.78 is 15.7. The minimum absolute atomic E-state index is 0.0562. The van der Waals surface area contributed by atoms with Gasteiger partial charge in [0.2, 0.25) is 11.5 Å². The normalized spacial score (nSPS) is 13.8. The highest BCUT2D eigenvalue weighted by atomic mass is 79.9. The number of nitrogens with zero attached hydrogens (tertiary/aromatic N) is 2. The average Bonchev–Trinajstić information content (AvgIpc) is 3.49. The summed E-state index contributed by atoms with van der Waals surface area (Å²) in [5, 5.41) is 16.8. The number of carbonyl (C=O) groups excluding carboxylic acids is 4. The number of carbonyl (C=O) groups is 4. The molecule has 0 unspecified atom stereocenters. The minimum Gasteiger partial charge on any atom is -0.476 e. The third-order valence-electron chi connectivity index (χ3n) is 5.57. The Morgan fingerprint density at radius 1 is 1.18 bits per heavy atom. The third kappa shape index (κ3) is 6.35. The number of nitro groups is 1. The predicted octanol–water partition coefficient (Wildman–Crippen LogP) is 4.16. The van der Waals surface area contributed by atoms with Crippen LogP contribution in [-0.4, -0.2) is 47.4 Å². The molecule has 40 heavy (non-hydrogen) atoms. The maximum Gasteiger partial charge on any atom is 0.373 e. The van der Waals surface area contributed by atoms with Crippen LogP contribution in [0, 0.1) is 17.0 Å². The number of urea groups is 1. The van der Waals surface area contributed by atoms with Crippen LogP contribution in [0.3, 0.4) is 0 Å². The monoisotopic (exact) mass is 612 g/mol. The summed E-state index contributed by atoms with van der Waals surface area (Å²) in [4.78, 5) is 61.5. The SMILES string of the molecule is COC(=O)c1ccc(CN2C(=O)N/C(=C\c3cc(Br)cc([N+](=O)[O-])c3OCC(=O)Nc3ccc(C)cc3)C2=O)o1. The number of halogens is 1. The van der Waals surface area contributed by atoms with E-state index in [0.717, 1.165) is 10.5 Å². The average molecular weight is 613 g/mol. The number of nitro benzene ring substituents is 1. The molecule has 1 aliphatic rings. The van der Waals surface area contributed by atoms with E-state index in [2.05, 4.69) is 31.3 Å². The number of hydrogen-bond donors (Lipinski definition) is 2. The molecule has 2 aromatic carbocycles. The number of rotatable bonds is 9. The van der Waals surface area contributed by atoms with Crippen molar-refractivity contribution >= 4 is 57.2 Å². The van der Waals surface area contributed by atoms with E-state index in [1.165, 1.54) is 37.5 Å². The van der Waals surface area contributed by atoms with E-state index in [1.54, 1.807) is 24.3 Å². The van der Waals surface area contributed by atoms with Crippen LogP contribution in [0.15, 0.2) is 63.1 Å². The molecular formula is C26H21BrN4O9. The lowest BCUT2D eigenvalue weighted by Crippen LogP contribution is -2.30. The molecule has 2 heterocycles. The maximum atomic E-state index is 13.0. The summed E-state index contributed by atoms with van der Waals surface area (Å²) >= 11 is 3.20. The Balaban J connectivity index is 1.57. The number of esters is 1. The van der Waals surface area contributed by atoms with E-state index in [9.17, 15) is 29.3 Å². The quantitative estimate of drug-likeness (QED) is 0.118.